The minimum Gasteiger partial charge on any atom is -0.295 e. The van der Waals surface area contributed by atoms with E-state index in [4.69, 9.17) is 0 Å². The number of hydrogen-bond donors (Lipinski definition) is 0. The molecule has 2 aromatic carbocycles. The largest absolute Gasteiger partial charge is 0.295 e. The van der Waals surface area contributed by atoms with Gasteiger partial charge in [-0.2, -0.15) is 0 Å². The van der Waals surface area contributed by atoms with Crippen molar-refractivity contribution in [3.05, 3.63) is 89.0 Å². The molecule has 1 aliphatic rings. The highest BCUT2D eigenvalue weighted by molar-refractivity contribution is 6.14. The van der Waals surface area contributed by atoms with E-state index in [1.807, 2.05) is 66.7 Å². The molecule has 0 heterocycles. The molecule has 0 spiro atoms. The summed E-state index contributed by atoms with van der Waals surface area (Å²) >= 11 is 0. The second-order valence-corrected chi connectivity index (χ2v) is 5.77. The first kappa shape index (κ1) is 15.2. The standard InChI is InChI=1S/C21H18O2/c1-15(22)18-13-19(17-10-6-3-7-11-17)20(21(23)14-18)12-16-8-4-2-5-9-16/h2-12,14,19H,13H2,1H3/b20-12-. The molecule has 0 bridgehead atoms. The summed E-state index contributed by atoms with van der Waals surface area (Å²) in [4.78, 5) is 24.3. The van der Waals surface area contributed by atoms with Gasteiger partial charge in [0.2, 0.25) is 0 Å². The molecule has 0 aromatic heterocycles. The van der Waals surface area contributed by atoms with Crippen LogP contribution in [0.3, 0.4) is 0 Å². The molecule has 23 heavy (non-hydrogen) atoms. The molecule has 2 nitrogen and oxygen atoms in total. The quantitative estimate of drug-likeness (QED) is 0.790. The number of allylic oxidation sites excluding steroid dienone is 3. The smallest absolute Gasteiger partial charge is 0.182 e. The summed E-state index contributed by atoms with van der Waals surface area (Å²) in [6.45, 7) is 1.52. The second-order valence-electron chi connectivity index (χ2n) is 5.77. The van der Waals surface area contributed by atoms with Crippen LogP contribution in [0.5, 0.6) is 0 Å². The van der Waals surface area contributed by atoms with Crippen LogP contribution >= 0.6 is 0 Å². The topological polar surface area (TPSA) is 34.1 Å². The Labute approximate surface area is 136 Å². The van der Waals surface area contributed by atoms with E-state index in [0.717, 1.165) is 16.7 Å². The highest BCUT2D eigenvalue weighted by Crippen LogP contribution is 2.36. The average molecular weight is 302 g/mol. The zero-order chi connectivity index (χ0) is 16.2. The van der Waals surface area contributed by atoms with Crippen molar-refractivity contribution in [1.29, 1.82) is 0 Å². The molecule has 0 fully saturated rings. The Kier molecular flexibility index (Phi) is 4.33. The Morgan fingerprint density at radius 1 is 1.00 bits per heavy atom. The van der Waals surface area contributed by atoms with Gasteiger partial charge in [0.25, 0.3) is 0 Å². The third kappa shape index (κ3) is 3.37. The first-order valence-corrected chi connectivity index (χ1v) is 7.72. The van der Waals surface area contributed by atoms with Crippen LogP contribution in [0.4, 0.5) is 0 Å². The monoisotopic (exact) mass is 302 g/mol. The van der Waals surface area contributed by atoms with Crippen LogP contribution < -0.4 is 0 Å². The van der Waals surface area contributed by atoms with Crippen molar-refractivity contribution in [1.82, 2.24) is 0 Å². The number of benzene rings is 2. The van der Waals surface area contributed by atoms with E-state index in [1.165, 1.54) is 13.0 Å². The van der Waals surface area contributed by atoms with Gasteiger partial charge < -0.3 is 0 Å². The number of carbonyl (C=O) groups excluding carboxylic acids is 2. The molecule has 0 saturated heterocycles. The Morgan fingerprint density at radius 2 is 1.61 bits per heavy atom. The van der Waals surface area contributed by atoms with Gasteiger partial charge in [-0.15, -0.1) is 0 Å². The van der Waals surface area contributed by atoms with E-state index in [0.29, 0.717) is 12.0 Å². The molecular weight excluding hydrogens is 284 g/mol. The minimum atomic E-state index is -0.0761. The van der Waals surface area contributed by atoms with Crippen LogP contribution in [-0.2, 0) is 9.59 Å². The summed E-state index contributed by atoms with van der Waals surface area (Å²) in [7, 11) is 0. The van der Waals surface area contributed by atoms with E-state index in [2.05, 4.69) is 0 Å². The fourth-order valence-electron chi connectivity index (χ4n) is 2.93. The fourth-order valence-corrected chi connectivity index (χ4v) is 2.93. The third-order valence-electron chi connectivity index (χ3n) is 4.17. The maximum absolute atomic E-state index is 12.6. The maximum atomic E-state index is 12.6. The molecule has 114 valence electrons. The predicted octanol–water partition coefficient (Wildman–Crippen LogP) is 4.34. The van der Waals surface area contributed by atoms with Crippen LogP contribution in [0.1, 0.15) is 30.4 Å². The van der Waals surface area contributed by atoms with E-state index in [-0.39, 0.29) is 17.5 Å². The number of Topliss-reactive ketones (excluding diaryl/α,β-unsaturated/α-hetero) is 1. The molecule has 3 rings (SSSR count). The van der Waals surface area contributed by atoms with Gasteiger partial charge in [0.1, 0.15) is 0 Å². The Hall–Kier alpha value is -2.74. The van der Waals surface area contributed by atoms with Gasteiger partial charge >= 0.3 is 0 Å². The lowest BCUT2D eigenvalue weighted by atomic mass is 9.77. The Morgan fingerprint density at radius 3 is 2.22 bits per heavy atom. The van der Waals surface area contributed by atoms with E-state index < -0.39 is 0 Å². The zero-order valence-electron chi connectivity index (χ0n) is 13.0. The molecule has 0 amide bonds. The summed E-state index contributed by atoms with van der Waals surface area (Å²) < 4.78 is 0. The highest BCUT2D eigenvalue weighted by atomic mass is 16.1. The van der Waals surface area contributed by atoms with Gasteiger partial charge in [-0.3, -0.25) is 9.59 Å². The molecule has 0 N–H and O–H groups in total. The third-order valence-corrected chi connectivity index (χ3v) is 4.17. The van der Waals surface area contributed by atoms with Crippen LogP contribution in [0.25, 0.3) is 6.08 Å². The number of carbonyl (C=O) groups is 2. The molecule has 2 aromatic rings. The van der Waals surface area contributed by atoms with E-state index in [9.17, 15) is 9.59 Å². The summed E-state index contributed by atoms with van der Waals surface area (Å²) in [5.41, 5.74) is 3.41. The first-order valence-electron chi connectivity index (χ1n) is 7.72. The molecular formula is C21H18O2. The van der Waals surface area contributed by atoms with Crippen molar-refractivity contribution < 1.29 is 9.59 Å². The Bertz CT molecular complexity index is 783. The highest BCUT2D eigenvalue weighted by Gasteiger charge is 2.28. The Balaban J connectivity index is 2.08. The SMILES string of the molecule is CC(=O)C1=CC(=O)/C(=C\c2ccccc2)C(c2ccccc2)C1. The van der Waals surface area contributed by atoms with Gasteiger partial charge in [-0.05, 0) is 42.2 Å². The van der Waals surface area contributed by atoms with Gasteiger partial charge in [-0.1, -0.05) is 60.7 Å². The summed E-state index contributed by atoms with van der Waals surface area (Å²) in [6.07, 6.45) is 4.01. The van der Waals surface area contributed by atoms with Gasteiger partial charge in [0, 0.05) is 11.5 Å². The molecule has 0 aliphatic heterocycles. The molecule has 0 saturated carbocycles. The number of hydrogen-bond acceptors (Lipinski definition) is 2. The van der Waals surface area contributed by atoms with Crippen LogP contribution in [0, 0.1) is 0 Å². The molecule has 2 heteroatoms. The van der Waals surface area contributed by atoms with Crippen molar-refractivity contribution in [3.8, 4) is 0 Å². The van der Waals surface area contributed by atoms with Crippen molar-refractivity contribution in [2.45, 2.75) is 19.3 Å². The second kappa shape index (κ2) is 6.57. The van der Waals surface area contributed by atoms with Crippen LogP contribution in [0.15, 0.2) is 77.9 Å². The van der Waals surface area contributed by atoms with E-state index >= 15 is 0 Å². The van der Waals surface area contributed by atoms with Crippen molar-refractivity contribution in [2.75, 3.05) is 0 Å². The molecule has 1 aliphatic carbocycles. The lowest BCUT2D eigenvalue weighted by Gasteiger charge is -2.24. The lowest BCUT2D eigenvalue weighted by Crippen LogP contribution is -2.19. The van der Waals surface area contributed by atoms with Gasteiger partial charge in [0.15, 0.2) is 11.6 Å². The zero-order valence-corrected chi connectivity index (χ0v) is 13.0. The first-order chi connectivity index (χ1) is 11.1. The minimum absolute atomic E-state index is 0.0296. The summed E-state index contributed by atoms with van der Waals surface area (Å²) in [5, 5.41) is 0. The molecule has 1 unspecified atom stereocenters. The fraction of sp³-hybridized carbons (Fsp3) is 0.143. The van der Waals surface area contributed by atoms with Crippen LogP contribution in [-0.4, -0.2) is 11.6 Å². The molecule has 1 atom stereocenters. The van der Waals surface area contributed by atoms with Crippen molar-refractivity contribution in [2.24, 2.45) is 0 Å². The van der Waals surface area contributed by atoms with Crippen molar-refractivity contribution >= 4 is 17.6 Å². The summed E-state index contributed by atoms with van der Waals surface area (Å²) in [5.74, 6) is -0.176. The number of ketones is 2. The van der Waals surface area contributed by atoms with E-state index in [1.54, 1.807) is 0 Å². The average Bonchev–Trinajstić information content (AvgIpc) is 2.58. The number of rotatable bonds is 3. The lowest BCUT2D eigenvalue weighted by molar-refractivity contribution is -0.115. The molecule has 0 radical (unpaired) electrons. The van der Waals surface area contributed by atoms with Gasteiger partial charge in [-0.25, -0.2) is 0 Å². The predicted molar refractivity (Wildman–Crippen MR) is 92.0 cm³/mol. The van der Waals surface area contributed by atoms with Crippen molar-refractivity contribution in [3.63, 3.8) is 0 Å². The van der Waals surface area contributed by atoms with Gasteiger partial charge in [0.05, 0.1) is 0 Å². The normalized spacial score (nSPS) is 19.5. The summed E-state index contributed by atoms with van der Waals surface area (Å²) in [6, 6.07) is 19.7. The van der Waals surface area contributed by atoms with Crippen LogP contribution in [0.2, 0.25) is 0 Å². The maximum Gasteiger partial charge on any atom is 0.182 e.